The molecule has 0 atom stereocenters. The number of sulfonamides is 1. The SMILES string of the molecule is CCN1CCN(S(=O)(=O)Cc2cccc(CNC)c2)CC1. The fourth-order valence-electron chi connectivity index (χ4n) is 2.66. The van der Waals surface area contributed by atoms with Gasteiger partial charge in [-0.2, -0.15) is 4.31 Å². The van der Waals surface area contributed by atoms with Crippen LogP contribution in [-0.4, -0.2) is 57.4 Å². The third kappa shape index (κ3) is 4.51. The van der Waals surface area contributed by atoms with Gasteiger partial charge in [-0.15, -0.1) is 0 Å². The van der Waals surface area contributed by atoms with Crippen LogP contribution < -0.4 is 5.32 Å². The predicted molar refractivity (Wildman–Crippen MR) is 85.5 cm³/mol. The van der Waals surface area contributed by atoms with Gasteiger partial charge in [-0.3, -0.25) is 0 Å². The molecule has 1 aromatic rings. The first-order chi connectivity index (χ1) is 10.0. The molecule has 0 amide bonds. The zero-order valence-electron chi connectivity index (χ0n) is 12.9. The molecule has 1 heterocycles. The third-order valence-corrected chi connectivity index (χ3v) is 5.74. The number of nitrogens with zero attached hydrogens (tertiary/aromatic N) is 2. The van der Waals surface area contributed by atoms with Gasteiger partial charge in [0.05, 0.1) is 5.75 Å². The molecule has 0 saturated carbocycles. The fraction of sp³-hybridized carbons (Fsp3) is 0.600. The van der Waals surface area contributed by atoms with Crippen LogP contribution in [0.4, 0.5) is 0 Å². The first-order valence-electron chi connectivity index (χ1n) is 7.47. The normalized spacial score (nSPS) is 18.0. The maximum absolute atomic E-state index is 12.5. The molecule has 5 nitrogen and oxygen atoms in total. The van der Waals surface area contributed by atoms with Crippen LogP contribution in [-0.2, 0) is 22.3 Å². The zero-order chi connectivity index (χ0) is 15.3. The van der Waals surface area contributed by atoms with E-state index in [2.05, 4.69) is 17.1 Å². The topological polar surface area (TPSA) is 52.7 Å². The number of hydrogen-bond donors (Lipinski definition) is 1. The number of nitrogens with one attached hydrogen (secondary N) is 1. The van der Waals surface area contributed by atoms with Crippen molar-refractivity contribution in [3.05, 3.63) is 35.4 Å². The van der Waals surface area contributed by atoms with E-state index in [0.717, 1.165) is 37.3 Å². The highest BCUT2D eigenvalue weighted by Gasteiger charge is 2.26. The van der Waals surface area contributed by atoms with Crippen LogP contribution in [0, 0.1) is 0 Å². The summed E-state index contributed by atoms with van der Waals surface area (Å²) in [6.45, 7) is 6.71. The fourth-order valence-corrected chi connectivity index (χ4v) is 4.16. The highest BCUT2D eigenvalue weighted by molar-refractivity contribution is 7.88. The Morgan fingerprint density at radius 1 is 1.14 bits per heavy atom. The van der Waals surface area contributed by atoms with Gasteiger partial charge in [-0.05, 0) is 24.7 Å². The molecule has 1 aromatic carbocycles. The summed E-state index contributed by atoms with van der Waals surface area (Å²) in [4.78, 5) is 2.28. The first kappa shape index (κ1) is 16.4. The summed E-state index contributed by atoms with van der Waals surface area (Å²) in [6, 6.07) is 7.79. The molecule has 1 saturated heterocycles. The number of likely N-dealkylation sites (N-methyl/N-ethyl adjacent to an activating group) is 1. The second-order valence-electron chi connectivity index (χ2n) is 5.44. The van der Waals surface area contributed by atoms with Crippen LogP contribution in [0.5, 0.6) is 0 Å². The number of benzene rings is 1. The molecular formula is C15H25N3O2S. The van der Waals surface area contributed by atoms with E-state index in [1.54, 1.807) is 4.31 Å². The van der Waals surface area contributed by atoms with Gasteiger partial charge in [0.2, 0.25) is 10.0 Å². The molecule has 0 aromatic heterocycles. The number of piperazine rings is 1. The van der Waals surface area contributed by atoms with Crippen molar-refractivity contribution in [2.75, 3.05) is 39.8 Å². The van der Waals surface area contributed by atoms with E-state index >= 15 is 0 Å². The Bertz CT molecular complexity index is 552. The monoisotopic (exact) mass is 311 g/mol. The van der Waals surface area contributed by atoms with Gasteiger partial charge >= 0.3 is 0 Å². The van der Waals surface area contributed by atoms with Gasteiger partial charge in [-0.1, -0.05) is 31.2 Å². The molecule has 0 spiro atoms. The van der Waals surface area contributed by atoms with Gasteiger partial charge in [0.15, 0.2) is 0 Å². The van der Waals surface area contributed by atoms with Crippen LogP contribution >= 0.6 is 0 Å². The van der Waals surface area contributed by atoms with Crippen molar-refractivity contribution in [3.63, 3.8) is 0 Å². The minimum Gasteiger partial charge on any atom is -0.316 e. The molecule has 1 fully saturated rings. The summed E-state index contributed by atoms with van der Waals surface area (Å²) in [6.07, 6.45) is 0. The van der Waals surface area contributed by atoms with E-state index in [1.165, 1.54) is 0 Å². The largest absolute Gasteiger partial charge is 0.316 e. The molecule has 1 N–H and O–H groups in total. The number of rotatable bonds is 6. The third-order valence-electron chi connectivity index (χ3n) is 3.89. The quantitative estimate of drug-likeness (QED) is 0.847. The summed E-state index contributed by atoms with van der Waals surface area (Å²) in [7, 11) is -1.33. The molecule has 118 valence electrons. The molecule has 0 bridgehead atoms. The molecule has 0 unspecified atom stereocenters. The predicted octanol–water partition coefficient (Wildman–Crippen LogP) is 0.873. The van der Waals surface area contributed by atoms with E-state index in [0.29, 0.717) is 13.1 Å². The average molecular weight is 311 g/mol. The molecule has 0 aliphatic carbocycles. The maximum atomic E-state index is 12.5. The molecule has 1 aliphatic heterocycles. The molecule has 2 rings (SSSR count). The molecule has 6 heteroatoms. The summed E-state index contributed by atoms with van der Waals surface area (Å²) in [5.41, 5.74) is 1.97. The van der Waals surface area contributed by atoms with Crippen molar-refractivity contribution < 1.29 is 8.42 Å². The second kappa shape index (κ2) is 7.35. The Morgan fingerprint density at radius 3 is 2.43 bits per heavy atom. The van der Waals surface area contributed by atoms with E-state index in [9.17, 15) is 8.42 Å². The van der Waals surface area contributed by atoms with Crippen LogP contribution in [0.15, 0.2) is 24.3 Å². The highest BCUT2D eigenvalue weighted by Crippen LogP contribution is 2.15. The van der Waals surface area contributed by atoms with E-state index in [1.807, 2.05) is 31.3 Å². The summed E-state index contributed by atoms with van der Waals surface area (Å²) < 4.78 is 26.7. The number of hydrogen-bond acceptors (Lipinski definition) is 4. The van der Waals surface area contributed by atoms with Crippen molar-refractivity contribution in [1.29, 1.82) is 0 Å². The van der Waals surface area contributed by atoms with E-state index in [4.69, 9.17) is 0 Å². The molecule has 1 aliphatic rings. The Kier molecular flexibility index (Phi) is 5.75. The van der Waals surface area contributed by atoms with Crippen molar-refractivity contribution in [2.24, 2.45) is 0 Å². The average Bonchev–Trinajstić information content (AvgIpc) is 2.47. The van der Waals surface area contributed by atoms with Crippen molar-refractivity contribution in [1.82, 2.24) is 14.5 Å². The molecule has 0 radical (unpaired) electrons. The van der Waals surface area contributed by atoms with Crippen LogP contribution in [0.1, 0.15) is 18.1 Å². The van der Waals surface area contributed by atoms with Crippen LogP contribution in [0.3, 0.4) is 0 Å². The van der Waals surface area contributed by atoms with Gasteiger partial charge < -0.3 is 10.2 Å². The summed E-state index contributed by atoms with van der Waals surface area (Å²) in [5.74, 6) is 0.0939. The van der Waals surface area contributed by atoms with Crippen LogP contribution in [0.2, 0.25) is 0 Å². The Labute approximate surface area is 128 Å². The van der Waals surface area contributed by atoms with Gasteiger partial charge in [0.1, 0.15) is 0 Å². The van der Waals surface area contributed by atoms with Crippen molar-refractivity contribution >= 4 is 10.0 Å². The first-order valence-corrected chi connectivity index (χ1v) is 9.08. The van der Waals surface area contributed by atoms with Gasteiger partial charge in [-0.25, -0.2) is 8.42 Å². The van der Waals surface area contributed by atoms with Crippen molar-refractivity contribution in [2.45, 2.75) is 19.2 Å². The second-order valence-corrected chi connectivity index (χ2v) is 7.41. The van der Waals surface area contributed by atoms with Gasteiger partial charge in [0.25, 0.3) is 0 Å². The minimum atomic E-state index is -3.21. The van der Waals surface area contributed by atoms with Crippen molar-refractivity contribution in [3.8, 4) is 0 Å². The van der Waals surface area contributed by atoms with E-state index in [-0.39, 0.29) is 5.75 Å². The van der Waals surface area contributed by atoms with Crippen LogP contribution in [0.25, 0.3) is 0 Å². The molecular weight excluding hydrogens is 286 g/mol. The van der Waals surface area contributed by atoms with Gasteiger partial charge in [0, 0.05) is 32.7 Å². The molecule has 21 heavy (non-hydrogen) atoms. The summed E-state index contributed by atoms with van der Waals surface area (Å²) in [5, 5.41) is 3.08. The lowest BCUT2D eigenvalue weighted by Gasteiger charge is -2.33. The minimum absolute atomic E-state index is 0.0939. The van der Waals surface area contributed by atoms with E-state index < -0.39 is 10.0 Å². The maximum Gasteiger partial charge on any atom is 0.218 e. The highest BCUT2D eigenvalue weighted by atomic mass is 32.2. The Morgan fingerprint density at radius 2 is 1.81 bits per heavy atom. The lowest BCUT2D eigenvalue weighted by atomic mass is 10.1. The zero-order valence-corrected chi connectivity index (χ0v) is 13.7. The Balaban J connectivity index is 2.02. The standard InChI is InChI=1S/C15H25N3O2S/c1-3-17-7-9-18(10-8-17)21(19,20)13-15-6-4-5-14(11-15)12-16-2/h4-6,11,16H,3,7-10,12-13H2,1-2H3. The Hall–Kier alpha value is -0.950. The summed E-state index contributed by atoms with van der Waals surface area (Å²) >= 11 is 0. The smallest absolute Gasteiger partial charge is 0.218 e. The lowest BCUT2D eigenvalue weighted by Crippen LogP contribution is -2.48. The lowest BCUT2D eigenvalue weighted by molar-refractivity contribution is 0.196.